The molecule has 2 N–H and O–H groups in total. The number of halogens is 2. The Kier molecular flexibility index (Phi) is 6.02. The minimum atomic E-state index is -1.10. The number of nitrogens with zero attached hydrogens (tertiary/aromatic N) is 2. The van der Waals surface area contributed by atoms with E-state index in [1.807, 2.05) is 4.90 Å². The van der Waals surface area contributed by atoms with Gasteiger partial charge in [-0.15, -0.1) is 0 Å². The Morgan fingerprint density at radius 2 is 1.34 bits per heavy atom. The first-order chi connectivity index (χ1) is 15.4. The van der Waals surface area contributed by atoms with E-state index < -0.39 is 17.7 Å². The Morgan fingerprint density at radius 3 is 1.94 bits per heavy atom. The largest absolute Gasteiger partial charge is 0.478 e. The molecule has 32 heavy (non-hydrogen) atoms. The number of hydrogen-bond acceptors (Lipinski definition) is 4. The van der Waals surface area contributed by atoms with Crippen LogP contribution in [0, 0.1) is 11.6 Å². The predicted molar refractivity (Wildman–Crippen MR) is 119 cm³/mol. The fourth-order valence-electron chi connectivity index (χ4n) is 3.72. The Balaban J connectivity index is 1.47. The lowest BCUT2D eigenvalue weighted by atomic mass is 10.1. The Bertz CT molecular complexity index is 1130. The number of carboxylic acid groups (broad SMARTS) is 1. The van der Waals surface area contributed by atoms with Gasteiger partial charge in [-0.25, -0.2) is 13.6 Å². The number of amides is 1. The van der Waals surface area contributed by atoms with Crippen molar-refractivity contribution >= 4 is 28.9 Å². The fourth-order valence-corrected chi connectivity index (χ4v) is 3.72. The third kappa shape index (κ3) is 4.69. The molecule has 3 aromatic rings. The molecule has 0 atom stereocenters. The second-order valence-corrected chi connectivity index (χ2v) is 7.45. The van der Waals surface area contributed by atoms with Gasteiger partial charge in [0.25, 0.3) is 5.91 Å². The first-order valence-electron chi connectivity index (χ1n) is 10.1. The number of nitrogens with one attached hydrogen (secondary N) is 1. The summed E-state index contributed by atoms with van der Waals surface area (Å²) < 4.78 is 26.2. The van der Waals surface area contributed by atoms with Crippen LogP contribution in [0.5, 0.6) is 0 Å². The molecule has 0 radical (unpaired) electrons. The summed E-state index contributed by atoms with van der Waals surface area (Å²) in [6, 6.07) is 16.1. The van der Waals surface area contributed by atoms with Crippen molar-refractivity contribution < 1.29 is 23.5 Å². The number of carbonyl (C=O) groups excluding carboxylic acids is 1. The van der Waals surface area contributed by atoms with E-state index in [0.29, 0.717) is 37.6 Å². The number of anilines is 3. The maximum absolute atomic E-state index is 13.2. The average Bonchev–Trinajstić information content (AvgIpc) is 2.80. The van der Waals surface area contributed by atoms with Gasteiger partial charge in [-0.3, -0.25) is 4.79 Å². The van der Waals surface area contributed by atoms with Crippen molar-refractivity contribution in [2.24, 2.45) is 0 Å². The van der Waals surface area contributed by atoms with E-state index in [9.17, 15) is 23.5 Å². The maximum atomic E-state index is 13.2. The van der Waals surface area contributed by atoms with Gasteiger partial charge >= 0.3 is 5.97 Å². The van der Waals surface area contributed by atoms with E-state index >= 15 is 0 Å². The van der Waals surface area contributed by atoms with Crippen LogP contribution in [-0.2, 0) is 0 Å². The van der Waals surface area contributed by atoms with Crippen LogP contribution in [0.2, 0.25) is 0 Å². The van der Waals surface area contributed by atoms with Crippen LogP contribution in [0.4, 0.5) is 25.8 Å². The van der Waals surface area contributed by atoms with Crippen LogP contribution >= 0.6 is 0 Å². The normalized spacial score (nSPS) is 13.7. The monoisotopic (exact) mass is 437 g/mol. The highest BCUT2D eigenvalue weighted by Crippen LogP contribution is 2.27. The van der Waals surface area contributed by atoms with Gasteiger partial charge in [-0.2, -0.15) is 0 Å². The van der Waals surface area contributed by atoms with Crippen molar-refractivity contribution in [1.82, 2.24) is 0 Å². The molecule has 0 aliphatic carbocycles. The number of aromatic carboxylic acids is 1. The quantitative estimate of drug-likeness (QED) is 0.625. The molecule has 1 fully saturated rings. The molecular weight excluding hydrogens is 416 g/mol. The van der Waals surface area contributed by atoms with Gasteiger partial charge in [-0.05, 0) is 66.7 Å². The molecule has 0 aromatic heterocycles. The van der Waals surface area contributed by atoms with E-state index in [0.717, 1.165) is 5.69 Å². The van der Waals surface area contributed by atoms with Crippen LogP contribution in [0.1, 0.15) is 20.7 Å². The summed E-state index contributed by atoms with van der Waals surface area (Å²) in [6.45, 7) is 2.51. The third-order valence-corrected chi connectivity index (χ3v) is 5.40. The molecule has 1 saturated heterocycles. The highest BCUT2D eigenvalue weighted by molar-refractivity contribution is 6.05. The van der Waals surface area contributed by atoms with Crippen LogP contribution in [0.3, 0.4) is 0 Å². The summed E-state index contributed by atoms with van der Waals surface area (Å²) >= 11 is 0. The molecule has 0 unspecified atom stereocenters. The first kappa shape index (κ1) is 21.3. The zero-order chi connectivity index (χ0) is 22.7. The van der Waals surface area contributed by atoms with E-state index in [2.05, 4.69) is 10.2 Å². The van der Waals surface area contributed by atoms with Crippen molar-refractivity contribution in [3.8, 4) is 0 Å². The molecule has 3 aromatic carbocycles. The number of rotatable bonds is 5. The van der Waals surface area contributed by atoms with Gasteiger partial charge in [0.1, 0.15) is 11.6 Å². The molecule has 0 saturated carbocycles. The predicted octanol–water partition coefficient (Wildman–Crippen LogP) is 4.24. The zero-order valence-corrected chi connectivity index (χ0v) is 17.1. The standard InChI is InChI=1S/C24H21F2N3O3/c25-17-3-1-16(2-4-17)23(30)27-19-7-10-22(21(15-19)24(31)32)29-13-11-28(12-14-29)20-8-5-18(26)6-9-20/h1-10,15H,11-14H2,(H,27,30)(H,31,32). The summed E-state index contributed by atoms with van der Waals surface area (Å²) in [5, 5.41) is 12.4. The van der Waals surface area contributed by atoms with Gasteiger partial charge in [0.2, 0.25) is 0 Å². The summed E-state index contributed by atoms with van der Waals surface area (Å²) in [4.78, 5) is 28.4. The second kappa shape index (κ2) is 9.05. The highest BCUT2D eigenvalue weighted by atomic mass is 19.1. The van der Waals surface area contributed by atoms with Crippen LogP contribution in [0.25, 0.3) is 0 Å². The SMILES string of the molecule is O=C(Nc1ccc(N2CCN(c3ccc(F)cc3)CC2)c(C(=O)O)c1)c1ccc(F)cc1. The van der Waals surface area contributed by atoms with Crippen LogP contribution < -0.4 is 15.1 Å². The third-order valence-electron chi connectivity index (χ3n) is 5.40. The number of benzene rings is 3. The lowest BCUT2D eigenvalue weighted by Crippen LogP contribution is -2.47. The molecule has 0 spiro atoms. The smallest absolute Gasteiger partial charge is 0.337 e. The van der Waals surface area contributed by atoms with E-state index in [-0.39, 0.29) is 16.9 Å². The van der Waals surface area contributed by atoms with Crippen molar-refractivity contribution in [2.75, 3.05) is 41.3 Å². The lowest BCUT2D eigenvalue weighted by Gasteiger charge is -2.38. The maximum Gasteiger partial charge on any atom is 0.337 e. The van der Waals surface area contributed by atoms with E-state index in [1.54, 1.807) is 24.3 Å². The molecular formula is C24H21F2N3O3. The average molecular weight is 437 g/mol. The van der Waals surface area contributed by atoms with Gasteiger partial charge in [0.05, 0.1) is 11.3 Å². The van der Waals surface area contributed by atoms with Crippen molar-refractivity contribution in [3.63, 3.8) is 0 Å². The lowest BCUT2D eigenvalue weighted by molar-refractivity contribution is 0.0697. The molecule has 1 amide bonds. The van der Waals surface area contributed by atoms with Gasteiger partial charge < -0.3 is 20.2 Å². The van der Waals surface area contributed by atoms with E-state index in [1.165, 1.54) is 42.5 Å². The Morgan fingerprint density at radius 1 is 0.781 bits per heavy atom. The number of piperazine rings is 1. The second-order valence-electron chi connectivity index (χ2n) is 7.45. The molecule has 8 heteroatoms. The van der Waals surface area contributed by atoms with Crippen molar-refractivity contribution in [2.45, 2.75) is 0 Å². The van der Waals surface area contributed by atoms with Crippen molar-refractivity contribution in [3.05, 3.63) is 89.5 Å². The molecule has 4 rings (SSSR count). The first-order valence-corrected chi connectivity index (χ1v) is 10.1. The molecule has 1 heterocycles. The molecule has 1 aliphatic heterocycles. The van der Waals surface area contributed by atoms with Gasteiger partial charge in [-0.1, -0.05) is 0 Å². The van der Waals surface area contributed by atoms with Crippen molar-refractivity contribution in [1.29, 1.82) is 0 Å². The Labute approximate surface area is 183 Å². The van der Waals surface area contributed by atoms with E-state index in [4.69, 9.17) is 0 Å². The molecule has 164 valence electrons. The summed E-state index contributed by atoms with van der Waals surface area (Å²) in [5.74, 6) is -2.29. The minimum Gasteiger partial charge on any atom is -0.478 e. The fraction of sp³-hybridized carbons (Fsp3) is 0.167. The Hall–Kier alpha value is -3.94. The summed E-state index contributed by atoms with van der Waals surface area (Å²) in [7, 11) is 0. The molecule has 6 nitrogen and oxygen atoms in total. The summed E-state index contributed by atoms with van der Waals surface area (Å²) in [5.41, 5.74) is 2.17. The zero-order valence-electron chi connectivity index (χ0n) is 17.1. The van der Waals surface area contributed by atoms with Crippen LogP contribution in [0.15, 0.2) is 66.7 Å². The van der Waals surface area contributed by atoms with Crippen LogP contribution in [-0.4, -0.2) is 43.2 Å². The van der Waals surface area contributed by atoms with Gasteiger partial charge in [0.15, 0.2) is 0 Å². The summed E-state index contributed by atoms with van der Waals surface area (Å²) in [6.07, 6.45) is 0. The topological polar surface area (TPSA) is 72.9 Å². The number of carbonyl (C=O) groups is 2. The van der Waals surface area contributed by atoms with Gasteiger partial charge in [0, 0.05) is 43.1 Å². The molecule has 1 aliphatic rings. The number of hydrogen-bond donors (Lipinski definition) is 2. The number of carboxylic acids is 1. The molecule has 0 bridgehead atoms. The minimum absolute atomic E-state index is 0.0807. The highest BCUT2D eigenvalue weighted by Gasteiger charge is 2.22.